The van der Waals surface area contributed by atoms with Crippen molar-refractivity contribution in [2.75, 3.05) is 0 Å². The molecular formula is C22H41N. The van der Waals surface area contributed by atoms with Crippen molar-refractivity contribution in [1.29, 1.82) is 0 Å². The summed E-state index contributed by atoms with van der Waals surface area (Å²) in [4.78, 5) is 4.57. The monoisotopic (exact) mass is 319 g/mol. The highest BCUT2D eigenvalue weighted by molar-refractivity contribution is 5.79. The van der Waals surface area contributed by atoms with Gasteiger partial charge in [0, 0.05) is 6.21 Å². The SMILES string of the molecule is C=C=C(CCC(CCC)C(C)CCC)N=C/C(=C\C)CC.CC. The Labute approximate surface area is 146 Å². The van der Waals surface area contributed by atoms with Gasteiger partial charge in [0.25, 0.3) is 0 Å². The van der Waals surface area contributed by atoms with Crippen molar-refractivity contribution < 1.29 is 0 Å². The predicted octanol–water partition coefficient (Wildman–Crippen LogP) is 7.74. The molecule has 0 saturated carbocycles. The zero-order chi connectivity index (χ0) is 18.1. The van der Waals surface area contributed by atoms with Gasteiger partial charge in [-0.2, -0.15) is 0 Å². The molecule has 0 N–H and O–H groups in total. The second-order valence-electron chi connectivity index (χ2n) is 5.95. The lowest BCUT2D eigenvalue weighted by atomic mass is 9.83. The lowest BCUT2D eigenvalue weighted by Crippen LogP contribution is -2.11. The van der Waals surface area contributed by atoms with Crippen LogP contribution >= 0.6 is 0 Å². The number of nitrogens with zero attached hydrogens (tertiary/aromatic N) is 1. The summed E-state index contributed by atoms with van der Waals surface area (Å²) in [6, 6.07) is 0. The second kappa shape index (κ2) is 17.3. The second-order valence-corrected chi connectivity index (χ2v) is 5.95. The van der Waals surface area contributed by atoms with Gasteiger partial charge in [-0.15, -0.1) is 5.73 Å². The lowest BCUT2D eigenvalue weighted by molar-refractivity contribution is 0.294. The maximum atomic E-state index is 4.57. The van der Waals surface area contributed by atoms with Crippen LogP contribution in [0.2, 0.25) is 0 Å². The minimum Gasteiger partial charge on any atom is -0.253 e. The number of allylic oxidation sites excluding steroid dienone is 3. The molecule has 0 fully saturated rings. The van der Waals surface area contributed by atoms with E-state index in [0.29, 0.717) is 0 Å². The zero-order valence-electron chi connectivity index (χ0n) is 16.9. The Balaban J connectivity index is 0. The molecule has 0 saturated heterocycles. The van der Waals surface area contributed by atoms with Crippen LogP contribution in [0.5, 0.6) is 0 Å². The molecule has 2 atom stereocenters. The van der Waals surface area contributed by atoms with E-state index in [-0.39, 0.29) is 0 Å². The zero-order valence-corrected chi connectivity index (χ0v) is 16.9. The molecule has 0 aliphatic carbocycles. The van der Waals surface area contributed by atoms with Gasteiger partial charge in [-0.3, -0.25) is 4.99 Å². The molecular weight excluding hydrogens is 278 g/mol. The predicted molar refractivity (Wildman–Crippen MR) is 108 cm³/mol. The van der Waals surface area contributed by atoms with E-state index in [4.69, 9.17) is 0 Å². The van der Waals surface area contributed by atoms with E-state index in [2.05, 4.69) is 58.0 Å². The fraction of sp³-hybridized carbons (Fsp3) is 0.727. The van der Waals surface area contributed by atoms with Crippen LogP contribution in [-0.4, -0.2) is 6.21 Å². The number of aliphatic imine (C=N–C) groups is 1. The fourth-order valence-electron chi connectivity index (χ4n) is 2.83. The van der Waals surface area contributed by atoms with Crippen LogP contribution in [-0.2, 0) is 0 Å². The smallest absolute Gasteiger partial charge is 0.0814 e. The van der Waals surface area contributed by atoms with Gasteiger partial charge >= 0.3 is 0 Å². The summed E-state index contributed by atoms with van der Waals surface area (Å²) in [6.07, 6.45) is 12.5. The third kappa shape index (κ3) is 12.1. The van der Waals surface area contributed by atoms with Crippen LogP contribution in [0.15, 0.2) is 34.6 Å². The van der Waals surface area contributed by atoms with Crippen molar-refractivity contribution >= 4 is 6.21 Å². The normalized spacial score (nSPS) is 14.0. The highest BCUT2D eigenvalue weighted by Gasteiger charge is 2.16. The summed E-state index contributed by atoms with van der Waals surface area (Å²) in [5.41, 5.74) is 5.29. The molecule has 0 aromatic carbocycles. The molecule has 23 heavy (non-hydrogen) atoms. The van der Waals surface area contributed by atoms with Crippen LogP contribution < -0.4 is 0 Å². The van der Waals surface area contributed by atoms with Crippen molar-refractivity contribution in [3.05, 3.63) is 29.7 Å². The maximum absolute atomic E-state index is 4.57. The van der Waals surface area contributed by atoms with Crippen LogP contribution in [0.1, 0.15) is 93.4 Å². The standard InChI is InChI=1S/C20H35N.C2H6/c1-7-12-17(6)19(13-8-2)14-15-20(11-5)21-16-18(9-3)10-4;1-2/h9,16-17,19H,5,7-8,10,12-15H2,1-4,6H3;1-2H3/b18-9-,21-16?;. The van der Waals surface area contributed by atoms with E-state index in [1.807, 2.05) is 20.1 Å². The highest BCUT2D eigenvalue weighted by Crippen LogP contribution is 2.28. The average Bonchev–Trinajstić information content (AvgIpc) is 2.59. The Morgan fingerprint density at radius 1 is 1.09 bits per heavy atom. The van der Waals surface area contributed by atoms with Gasteiger partial charge in [-0.25, -0.2) is 0 Å². The molecule has 0 aliphatic heterocycles. The minimum atomic E-state index is 0.806. The van der Waals surface area contributed by atoms with Gasteiger partial charge < -0.3 is 0 Å². The average molecular weight is 320 g/mol. The largest absolute Gasteiger partial charge is 0.253 e. The first kappa shape index (κ1) is 24.2. The first-order valence-corrected chi connectivity index (χ1v) is 9.70. The molecule has 2 unspecified atom stereocenters. The molecule has 0 aromatic rings. The number of hydrogen-bond donors (Lipinski definition) is 0. The van der Waals surface area contributed by atoms with Gasteiger partial charge in [-0.05, 0) is 43.6 Å². The molecule has 0 rings (SSSR count). The van der Waals surface area contributed by atoms with Gasteiger partial charge in [0.05, 0.1) is 5.70 Å². The van der Waals surface area contributed by atoms with E-state index in [0.717, 1.165) is 30.4 Å². The Morgan fingerprint density at radius 3 is 2.13 bits per heavy atom. The quantitative estimate of drug-likeness (QED) is 0.273. The molecule has 0 spiro atoms. The van der Waals surface area contributed by atoms with E-state index in [1.54, 1.807) is 0 Å². The van der Waals surface area contributed by atoms with Crippen LogP contribution in [0.25, 0.3) is 0 Å². The Bertz CT molecular complexity index is 369. The fourth-order valence-corrected chi connectivity index (χ4v) is 2.83. The van der Waals surface area contributed by atoms with E-state index in [1.165, 1.54) is 37.7 Å². The molecule has 0 radical (unpaired) electrons. The molecule has 0 heterocycles. The van der Waals surface area contributed by atoms with Crippen molar-refractivity contribution in [2.24, 2.45) is 16.8 Å². The van der Waals surface area contributed by atoms with Gasteiger partial charge in [0.1, 0.15) is 0 Å². The summed E-state index contributed by atoms with van der Waals surface area (Å²) >= 11 is 0. The topological polar surface area (TPSA) is 12.4 Å². The maximum Gasteiger partial charge on any atom is 0.0814 e. The van der Waals surface area contributed by atoms with Crippen LogP contribution in [0.3, 0.4) is 0 Å². The Kier molecular flexibility index (Phi) is 18.2. The lowest BCUT2D eigenvalue weighted by Gasteiger charge is -2.23. The highest BCUT2D eigenvalue weighted by atomic mass is 14.7. The molecule has 0 aromatic heterocycles. The Hall–Kier alpha value is -1.07. The van der Waals surface area contributed by atoms with Gasteiger partial charge in [-0.1, -0.05) is 79.9 Å². The first-order valence-electron chi connectivity index (χ1n) is 9.70. The number of hydrogen-bond acceptors (Lipinski definition) is 1. The summed E-state index contributed by atoms with van der Waals surface area (Å²) in [6.45, 7) is 19.0. The van der Waals surface area contributed by atoms with Crippen molar-refractivity contribution in [3.8, 4) is 0 Å². The van der Waals surface area contributed by atoms with Crippen molar-refractivity contribution in [1.82, 2.24) is 0 Å². The number of rotatable bonds is 11. The van der Waals surface area contributed by atoms with Crippen LogP contribution in [0.4, 0.5) is 0 Å². The summed E-state index contributed by atoms with van der Waals surface area (Å²) in [5, 5.41) is 0. The van der Waals surface area contributed by atoms with Crippen molar-refractivity contribution in [2.45, 2.75) is 93.4 Å². The van der Waals surface area contributed by atoms with Crippen molar-refractivity contribution in [3.63, 3.8) is 0 Å². The Morgan fingerprint density at radius 2 is 1.70 bits per heavy atom. The van der Waals surface area contributed by atoms with Gasteiger partial charge in [0.15, 0.2) is 0 Å². The molecule has 134 valence electrons. The van der Waals surface area contributed by atoms with Crippen LogP contribution in [0, 0.1) is 11.8 Å². The molecule has 1 nitrogen and oxygen atoms in total. The third-order valence-corrected chi connectivity index (χ3v) is 4.33. The minimum absolute atomic E-state index is 0.806. The van der Waals surface area contributed by atoms with E-state index >= 15 is 0 Å². The molecule has 0 aliphatic rings. The molecule has 0 bridgehead atoms. The summed E-state index contributed by atoms with van der Waals surface area (Å²) in [5.74, 6) is 1.62. The molecule has 0 amide bonds. The summed E-state index contributed by atoms with van der Waals surface area (Å²) in [7, 11) is 0. The third-order valence-electron chi connectivity index (χ3n) is 4.33. The van der Waals surface area contributed by atoms with Gasteiger partial charge in [0.2, 0.25) is 0 Å². The molecule has 1 heteroatoms. The van der Waals surface area contributed by atoms with E-state index < -0.39 is 0 Å². The summed E-state index contributed by atoms with van der Waals surface area (Å²) < 4.78 is 0. The first-order chi connectivity index (χ1) is 11.1. The van der Waals surface area contributed by atoms with E-state index in [9.17, 15) is 0 Å².